The third kappa shape index (κ3) is 4.29. The number of nitrogens with one attached hydrogen (secondary N) is 1. The summed E-state index contributed by atoms with van der Waals surface area (Å²) in [6.07, 6.45) is 6.02. The number of rotatable bonds is 4. The fourth-order valence-electron chi connectivity index (χ4n) is 4.39. The van der Waals surface area contributed by atoms with Crippen LogP contribution in [0.3, 0.4) is 0 Å². The van der Waals surface area contributed by atoms with Crippen molar-refractivity contribution in [1.82, 2.24) is 14.9 Å². The van der Waals surface area contributed by atoms with E-state index in [4.69, 9.17) is 5.73 Å². The number of likely N-dealkylation sites (tertiary alicyclic amines) is 1. The van der Waals surface area contributed by atoms with Crippen molar-refractivity contribution in [3.63, 3.8) is 0 Å². The molecule has 1 aromatic carbocycles. The zero-order valence-electron chi connectivity index (χ0n) is 15.5. The zero-order chi connectivity index (χ0) is 18.9. The van der Waals surface area contributed by atoms with Gasteiger partial charge < -0.3 is 11.1 Å². The standard InChI is InChI=1S/C20H27F2N5/c21-20(22)7-9-27(10-8-20)16-4-1-14(2-5-16)12-24-19-17-11-15(23)3-6-18(17)25-13-26-19/h3,6,11,13-14,16H,1-2,4-5,7-10,12,23H2,(H,24,25,26)/t14-,16-. The number of piperidine rings is 1. The lowest BCUT2D eigenvalue weighted by Crippen LogP contribution is -2.46. The first kappa shape index (κ1) is 18.3. The minimum absolute atomic E-state index is 0.0123. The molecule has 5 nitrogen and oxygen atoms in total. The van der Waals surface area contributed by atoms with Crippen molar-refractivity contribution in [1.29, 1.82) is 0 Å². The number of aromatic nitrogens is 2. The van der Waals surface area contributed by atoms with Crippen LogP contribution in [0.1, 0.15) is 38.5 Å². The molecule has 146 valence electrons. The van der Waals surface area contributed by atoms with E-state index in [0.717, 1.165) is 48.9 Å². The number of hydrogen-bond acceptors (Lipinski definition) is 5. The van der Waals surface area contributed by atoms with E-state index in [1.54, 1.807) is 6.33 Å². The normalized spacial score (nSPS) is 26.1. The van der Waals surface area contributed by atoms with E-state index < -0.39 is 5.92 Å². The Bertz CT molecular complexity index is 779. The minimum Gasteiger partial charge on any atom is -0.399 e. The Morgan fingerprint density at radius 1 is 1.11 bits per heavy atom. The molecule has 2 fully saturated rings. The number of nitrogens with two attached hydrogens (primary N) is 1. The van der Waals surface area contributed by atoms with Crippen LogP contribution in [0.5, 0.6) is 0 Å². The molecule has 0 radical (unpaired) electrons. The molecule has 0 spiro atoms. The highest BCUT2D eigenvalue weighted by Crippen LogP contribution is 2.34. The molecule has 1 saturated carbocycles. The fourth-order valence-corrected chi connectivity index (χ4v) is 4.39. The Morgan fingerprint density at radius 2 is 1.85 bits per heavy atom. The van der Waals surface area contributed by atoms with Crippen LogP contribution in [0.25, 0.3) is 10.9 Å². The number of halogens is 2. The predicted octanol–water partition coefficient (Wildman–Crippen LogP) is 3.91. The number of nitrogen functional groups attached to an aromatic ring is 1. The molecule has 0 bridgehead atoms. The van der Waals surface area contributed by atoms with Gasteiger partial charge in [0.05, 0.1) is 5.52 Å². The summed E-state index contributed by atoms with van der Waals surface area (Å²) in [4.78, 5) is 10.9. The molecule has 2 aromatic rings. The molecule has 1 aliphatic carbocycles. The molecule has 0 unspecified atom stereocenters. The second kappa shape index (κ2) is 7.54. The summed E-state index contributed by atoms with van der Waals surface area (Å²) >= 11 is 0. The van der Waals surface area contributed by atoms with Crippen molar-refractivity contribution in [3.05, 3.63) is 24.5 Å². The third-order valence-electron chi connectivity index (χ3n) is 6.08. The average molecular weight is 375 g/mol. The van der Waals surface area contributed by atoms with Crippen LogP contribution in [-0.2, 0) is 0 Å². The maximum Gasteiger partial charge on any atom is 0.250 e. The van der Waals surface area contributed by atoms with Crippen LogP contribution < -0.4 is 11.1 Å². The average Bonchev–Trinajstić information content (AvgIpc) is 2.67. The minimum atomic E-state index is -2.46. The first-order chi connectivity index (χ1) is 13.0. The quantitative estimate of drug-likeness (QED) is 0.793. The first-order valence-corrected chi connectivity index (χ1v) is 9.86. The molecule has 7 heteroatoms. The van der Waals surface area contributed by atoms with E-state index in [9.17, 15) is 8.78 Å². The Labute approximate surface area is 158 Å². The lowest BCUT2D eigenvalue weighted by atomic mass is 9.84. The Balaban J connectivity index is 1.30. The van der Waals surface area contributed by atoms with E-state index in [0.29, 0.717) is 30.7 Å². The number of hydrogen-bond donors (Lipinski definition) is 2. The van der Waals surface area contributed by atoms with Gasteiger partial charge in [-0.05, 0) is 49.8 Å². The van der Waals surface area contributed by atoms with E-state index in [2.05, 4.69) is 20.2 Å². The van der Waals surface area contributed by atoms with Gasteiger partial charge in [0, 0.05) is 49.6 Å². The molecular formula is C20H27F2N5. The van der Waals surface area contributed by atoms with Crippen LogP contribution in [0.4, 0.5) is 20.3 Å². The van der Waals surface area contributed by atoms with Gasteiger partial charge in [-0.15, -0.1) is 0 Å². The first-order valence-electron chi connectivity index (χ1n) is 9.86. The van der Waals surface area contributed by atoms with Gasteiger partial charge in [0.25, 0.3) is 5.92 Å². The van der Waals surface area contributed by atoms with Crippen molar-refractivity contribution in [2.75, 3.05) is 30.7 Å². The lowest BCUT2D eigenvalue weighted by Gasteiger charge is -2.40. The highest BCUT2D eigenvalue weighted by atomic mass is 19.3. The van der Waals surface area contributed by atoms with Gasteiger partial charge >= 0.3 is 0 Å². The number of fused-ring (bicyclic) bond motifs is 1. The van der Waals surface area contributed by atoms with Crippen LogP contribution in [0.2, 0.25) is 0 Å². The molecule has 0 amide bonds. The summed E-state index contributed by atoms with van der Waals surface area (Å²) in [6, 6.07) is 6.12. The molecule has 27 heavy (non-hydrogen) atoms. The molecule has 0 atom stereocenters. The Morgan fingerprint density at radius 3 is 2.59 bits per heavy atom. The molecule has 1 aliphatic heterocycles. The largest absolute Gasteiger partial charge is 0.399 e. The SMILES string of the molecule is Nc1ccc2ncnc(NC[C@H]3CC[C@H](N4CCC(F)(F)CC4)CC3)c2c1. The molecular weight excluding hydrogens is 348 g/mol. The van der Waals surface area contributed by atoms with Crippen molar-refractivity contribution in [3.8, 4) is 0 Å². The lowest BCUT2D eigenvalue weighted by molar-refractivity contribution is -0.0665. The van der Waals surface area contributed by atoms with Gasteiger partial charge in [0.2, 0.25) is 0 Å². The Hall–Kier alpha value is -2.02. The summed E-state index contributed by atoms with van der Waals surface area (Å²) in [7, 11) is 0. The van der Waals surface area contributed by atoms with E-state index >= 15 is 0 Å². The topological polar surface area (TPSA) is 67.1 Å². The summed E-state index contributed by atoms with van der Waals surface area (Å²) < 4.78 is 26.7. The van der Waals surface area contributed by atoms with Crippen molar-refractivity contribution in [2.45, 2.75) is 50.5 Å². The van der Waals surface area contributed by atoms with Gasteiger partial charge in [0.15, 0.2) is 0 Å². The van der Waals surface area contributed by atoms with E-state index in [-0.39, 0.29) is 12.8 Å². The van der Waals surface area contributed by atoms with Gasteiger partial charge in [-0.2, -0.15) is 0 Å². The maximum atomic E-state index is 13.4. The van der Waals surface area contributed by atoms with Gasteiger partial charge in [-0.1, -0.05) is 0 Å². The highest BCUT2D eigenvalue weighted by molar-refractivity contribution is 5.91. The monoisotopic (exact) mass is 375 g/mol. The summed E-state index contributed by atoms with van der Waals surface area (Å²) in [5.74, 6) is -1.05. The van der Waals surface area contributed by atoms with E-state index in [1.165, 1.54) is 0 Å². The number of anilines is 2. The molecule has 4 rings (SSSR count). The van der Waals surface area contributed by atoms with E-state index in [1.807, 2.05) is 18.2 Å². The van der Waals surface area contributed by atoms with Crippen LogP contribution in [0.15, 0.2) is 24.5 Å². The summed E-state index contributed by atoms with van der Waals surface area (Å²) in [5.41, 5.74) is 7.48. The molecule has 2 aliphatic rings. The van der Waals surface area contributed by atoms with Crippen LogP contribution in [-0.4, -0.2) is 46.5 Å². The second-order valence-electron chi connectivity index (χ2n) is 7.95. The van der Waals surface area contributed by atoms with Gasteiger partial charge in [-0.25, -0.2) is 18.7 Å². The van der Waals surface area contributed by atoms with Crippen molar-refractivity contribution in [2.24, 2.45) is 5.92 Å². The number of nitrogens with zero attached hydrogens (tertiary/aromatic N) is 3. The zero-order valence-corrected chi connectivity index (χ0v) is 15.5. The van der Waals surface area contributed by atoms with Gasteiger partial charge in [-0.3, -0.25) is 4.90 Å². The fraction of sp³-hybridized carbons (Fsp3) is 0.600. The number of benzene rings is 1. The number of alkyl halides is 2. The molecule has 2 heterocycles. The van der Waals surface area contributed by atoms with Crippen LogP contribution in [0, 0.1) is 5.92 Å². The second-order valence-corrected chi connectivity index (χ2v) is 7.95. The molecule has 3 N–H and O–H groups in total. The van der Waals surface area contributed by atoms with Gasteiger partial charge in [0.1, 0.15) is 12.1 Å². The highest BCUT2D eigenvalue weighted by Gasteiger charge is 2.37. The summed E-state index contributed by atoms with van der Waals surface area (Å²) in [5, 5.41) is 4.42. The predicted molar refractivity (Wildman–Crippen MR) is 104 cm³/mol. The summed E-state index contributed by atoms with van der Waals surface area (Å²) in [6.45, 7) is 1.94. The van der Waals surface area contributed by atoms with Crippen molar-refractivity contribution < 1.29 is 8.78 Å². The maximum absolute atomic E-state index is 13.4. The Kier molecular flexibility index (Phi) is 5.12. The van der Waals surface area contributed by atoms with Crippen LogP contribution >= 0.6 is 0 Å². The smallest absolute Gasteiger partial charge is 0.250 e. The molecule has 1 saturated heterocycles. The molecule has 1 aromatic heterocycles. The third-order valence-corrected chi connectivity index (χ3v) is 6.08. The van der Waals surface area contributed by atoms with Crippen molar-refractivity contribution >= 4 is 22.4 Å².